The lowest BCUT2D eigenvalue weighted by molar-refractivity contribution is 0.0946. The van der Waals surface area contributed by atoms with Gasteiger partial charge in [0.05, 0.1) is 4.90 Å². The van der Waals surface area contributed by atoms with Crippen molar-refractivity contribution in [3.05, 3.63) is 29.3 Å². The fourth-order valence-electron chi connectivity index (χ4n) is 2.21. The summed E-state index contributed by atoms with van der Waals surface area (Å²) in [5.74, 6) is 0.911. The fourth-order valence-corrected chi connectivity index (χ4v) is 3.07. The van der Waals surface area contributed by atoms with Gasteiger partial charge in [-0.25, -0.2) is 8.42 Å². The first-order chi connectivity index (χ1) is 9.27. The summed E-state index contributed by atoms with van der Waals surface area (Å²) in [6.45, 7) is 4.46. The average Bonchev–Trinajstić information content (AvgIpc) is 3.17. The molecule has 110 valence electrons. The van der Waals surface area contributed by atoms with E-state index in [-0.39, 0.29) is 10.8 Å². The minimum absolute atomic E-state index is 0.0421. The van der Waals surface area contributed by atoms with E-state index < -0.39 is 9.05 Å². The van der Waals surface area contributed by atoms with Crippen LogP contribution >= 0.6 is 10.7 Å². The van der Waals surface area contributed by atoms with Crippen LogP contribution in [0.25, 0.3) is 0 Å². The molecule has 1 fully saturated rings. The van der Waals surface area contributed by atoms with E-state index in [1.54, 1.807) is 13.0 Å². The van der Waals surface area contributed by atoms with Crippen molar-refractivity contribution in [1.82, 2.24) is 5.32 Å². The molecule has 4 nitrogen and oxygen atoms in total. The maximum atomic E-state index is 12.1. The first kappa shape index (κ1) is 15.3. The van der Waals surface area contributed by atoms with Gasteiger partial charge in [-0.3, -0.25) is 4.79 Å². The van der Waals surface area contributed by atoms with Gasteiger partial charge in [-0.1, -0.05) is 6.92 Å². The SMILES string of the molecule is Cc1cc(C(=O)NCC(C)C2CC2)cc(S(=O)(=O)Cl)c1. The van der Waals surface area contributed by atoms with Crippen LogP contribution in [0.2, 0.25) is 0 Å². The van der Waals surface area contributed by atoms with E-state index in [1.807, 2.05) is 0 Å². The van der Waals surface area contributed by atoms with Gasteiger partial charge in [-0.05, 0) is 55.4 Å². The largest absolute Gasteiger partial charge is 0.352 e. The van der Waals surface area contributed by atoms with E-state index in [1.165, 1.54) is 25.0 Å². The van der Waals surface area contributed by atoms with Crippen molar-refractivity contribution in [2.45, 2.75) is 31.6 Å². The normalized spacial score (nSPS) is 16.8. The van der Waals surface area contributed by atoms with Crippen LogP contribution in [0.4, 0.5) is 0 Å². The molecule has 0 heterocycles. The summed E-state index contributed by atoms with van der Waals surface area (Å²) < 4.78 is 22.7. The van der Waals surface area contributed by atoms with Crippen molar-refractivity contribution in [3.8, 4) is 0 Å². The number of aryl methyl sites for hydroxylation is 1. The maximum absolute atomic E-state index is 12.1. The van der Waals surface area contributed by atoms with Gasteiger partial charge >= 0.3 is 0 Å². The maximum Gasteiger partial charge on any atom is 0.261 e. The third kappa shape index (κ3) is 3.96. The molecule has 2 rings (SSSR count). The summed E-state index contributed by atoms with van der Waals surface area (Å²) in [4.78, 5) is 12.0. The highest BCUT2D eigenvalue weighted by Gasteiger charge is 2.28. The lowest BCUT2D eigenvalue weighted by Gasteiger charge is -2.12. The van der Waals surface area contributed by atoms with Crippen molar-refractivity contribution < 1.29 is 13.2 Å². The molecule has 0 aliphatic heterocycles. The molecular formula is C14H18ClNO3S. The van der Waals surface area contributed by atoms with E-state index in [4.69, 9.17) is 10.7 Å². The molecular weight excluding hydrogens is 298 g/mol. The van der Waals surface area contributed by atoms with E-state index >= 15 is 0 Å². The van der Waals surface area contributed by atoms with Crippen LogP contribution in [0.1, 0.15) is 35.7 Å². The van der Waals surface area contributed by atoms with Crippen molar-refractivity contribution in [3.63, 3.8) is 0 Å². The van der Waals surface area contributed by atoms with Crippen molar-refractivity contribution in [2.75, 3.05) is 6.54 Å². The molecule has 0 aromatic heterocycles. The Kier molecular flexibility index (Phi) is 4.39. The van der Waals surface area contributed by atoms with Gasteiger partial charge in [0.2, 0.25) is 0 Å². The Morgan fingerprint density at radius 2 is 2.05 bits per heavy atom. The van der Waals surface area contributed by atoms with Crippen molar-refractivity contribution in [1.29, 1.82) is 0 Å². The summed E-state index contributed by atoms with van der Waals surface area (Å²) in [5, 5.41) is 2.85. The van der Waals surface area contributed by atoms with Gasteiger partial charge in [0.15, 0.2) is 0 Å². The zero-order valence-corrected chi connectivity index (χ0v) is 13.1. The van der Waals surface area contributed by atoms with Crippen molar-refractivity contribution >= 4 is 25.6 Å². The Morgan fingerprint density at radius 1 is 1.40 bits per heavy atom. The highest BCUT2D eigenvalue weighted by molar-refractivity contribution is 8.13. The van der Waals surface area contributed by atoms with E-state index in [0.29, 0.717) is 29.5 Å². The molecule has 1 saturated carbocycles. The summed E-state index contributed by atoms with van der Waals surface area (Å²) in [5.41, 5.74) is 1.01. The molecule has 1 N–H and O–H groups in total. The lowest BCUT2D eigenvalue weighted by atomic mass is 10.1. The van der Waals surface area contributed by atoms with Crippen LogP contribution < -0.4 is 5.32 Å². The molecule has 0 bridgehead atoms. The molecule has 0 radical (unpaired) electrons. The zero-order valence-electron chi connectivity index (χ0n) is 11.5. The first-order valence-corrected chi connectivity index (χ1v) is 8.93. The Morgan fingerprint density at radius 3 is 2.60 bits per heavy atom. The molecule has 1 aromatic rings. The quantitative estimate of drug-likeness (QED) is 0.850. The van der Waals surface area contributed by atoms with Gasteiger partial charge in [-0.2, -0.15) is 0 Å². The van der Waals surface area contributed by atoms with Crippen LogP contribution in [0.3, 0.4) is 0 Å². The van der Waals surface area contributed by atoms with Gasteiger partial charge in [-0.15, -0.1) is 0 Å². The minimum atomic E-state index is -3.82. The second kappa shape index (κ2) is 5.74. The number of carbonyl (C=O) groups excluding carboxylic acids is 1. The standard InChI is InChI=1S/C14H18ClNO3S/c1-9-5-12(7-13(6-9)20(15,18)19)14(17)16-8-10(2)11-3-4-11/h5-7,10-11H,3-4,8H2,1-2H3,(H,16,17). The van der Waals surface area contributed by atoms with Gasteiger partial charge in [0, 0.05) is 22.8 Å². The van der Waals surface area contributed by atoms with Gasteiger partial charge in [0.25, 0.3) is 15.0 Å². The molecule has 1 amide bonds. The third-order valence-corrected chi connectivity index (χ3v) is 4.94. The number of amides is 1. The molecule has 1 aliphatic rings. The number of carbonyl (C=O) groups is 1. The number of benzene rings is 1. The van der Waals surface area contributed by atoms with Crippen LogP contribution in [0, 0.1) is 18.8 Å². The third-order valence-electron chi connectivity index (χ3n) is 3.61. The summed E-state index contributed by atoms with van der Waals surface area (Å²) >= 11 is 0. The Hall–Kier alpha value is -1.07. The van der Waals surface area contributed by atoms with Crippen LogP contribution in [0.5, 0.6) is 0 Å². The van der Waals surface area contributed by atoms with Gasteiger partial charge < -0.3 is 5.32 Å². The summed E-state index contributed by atoms with van der Waals surface area (Å²) in [6, 6.07) is 4.42. The number of hydrogen-bond donors (Lipinski definition) is 1. The Balaban J connectivity index is 2.10. The number of halogens is 1. The minimum Gasteiger partial charge on any atom is -0.352 e. The van der Waals surface area contributed by atoms with Crippen LogP contribution in [0.15, 0.2) is 23.1 Å². The topological polar surface area (TPSA) is 63.2 Å². The zero-order chi connectivity index (χ0) is 14.9. The van der Waals surface area contributed by atoms with E-state index in [9.17, 15) is 13.2 Å². The van der Waals surface area contributed by atoms with Gasteiger partial charge in [0.1, 0.15) is 0 Å². The molecule has 20 heavy (non-hydrogen) atoms. The van der Waals surface area contributed by atoms with Crippen LogP contribution in [-0.4, -0.2) is 20.9 Å². The molecule has 0 spiro atoms. The fraction of sp³-hybridized carbons (Fsp3) is 0.500. The predicted molar refractivity (Wildman–Crippen MR) is 78.4 cm³/mol. The highest BCUT2D eigenvalue weighted by Crippen LogP contribution is 2.36. The predicted octanol–water partition coefficient (Wildman–Crippen LogP) is 2.70. The smallest absolute Gasteiger partial charge is 0.261 e. The summed E-state index contributed by atoms with van der Waals surface area (Å²) in [7, 11) is 1.50. The van der Waals surface area contributed by atoms with Crippen molar-refractivity contribution in [2.24, 2.45) is 11.8 Å². The van der Waals surface area contributed by atoms with E-state index in [0.717, 1.165) is 0 Å². The molecule has 6 heteroatoms. The molecule has 0 saturated heterocycles. The van der Waals surface area contributed by atoms with E-state index in [2.05, 4.69) is 12.2 Å². The Bertz CT molecular complexity index is 623. The first-order valence-electron chi connectivity index (χ1n) is 6.62. The van der Waals surface area contributed by atoms with Crippen LogP contribution in [-0.2, 0) is 9.05 Å². The monoisotopic (exact) mass is 315 g/mol. The lowest BCUT2D eigenvalue weighted by Crippen LogP contribution is -2.29. The molecule has 1 unspecified atom stereocenters. The average molecular weight is 316 g/mol. The number of hydrogen-bond acceptors (Lipinski definition) is 3. The highest BCUT2D eigenvalue weighted by atomic mass is 35.7. The summed E-state index contributed by atoms with van der Waals surface area (Å²) in [6.07, 6.45) is 2.46. The number of rotatable bonds is 5. The second-order valence-electron chi connectivity index (χ2n) is 5.50. The molecule has 1 aliphatic carbocycles. The second-order valence-corrected chi connectivity index (χ2v) is 8.06. The Labute approximate surface area is 123 Å². The molecule has 1 aromatic carbocycles. The molecule has 1 atom stereocenters. The number of nitrogens with one attached hydrogen (secondary N) is 1.